The van der Waals surface area contributed by atoms with Crippen LogP contribution in [0.25, 0.3) is 0 Å². The molecule has 1 aromatic carbocycles. The summed E-state index contributed by atoms with van der Waals surface area (Å²) in [4.78, 5) is 12.5. The number of nitrogens with one attached hydrogen (secondary N) is 1. The first-order chi connectivity index (χ1) is 9.82. The summed E-state index contributed by atoms with van der Waals surface area (Å²) in [5, 5.41) is 2.76. The summed E-state index contributed by atoms with van der Waals surface area (Å²) >= 11 is 0. The van der Waals surface area contributed by atoms with Crippen LogP contribution in [-0.4, -0.2) is 44.1 Å². The predicted molar refractivity (Wildman–Crippen MR) is 78.7 cm³/mol. The number of hydrogen-bond acceptors (Lipinski definition) is 4. The van der Waals surface area contributed by atoms with E-state index in [1.54, 1.807) is 25.3 Å². The van der Waals surface area contributed by atoms with Gasteiger partial charge in [0.2, 0.25) is 15.9 Å². The molecule has 1 N–H and O–H groups in total. The summed E-state index contributed by atoms with van der Waals surface area (Å²) in [6.07, 6.45) is 0.417. The molecule has 2 fully saturated rings. The minimum absolute atomic E-state index is 0.0916. The van der Waals surface area contributed by atoms with Gasteiger partial charge in [-0.25, -0.2) is 12.7 Å². The van der Waals surface area contributed by atoms with Crippen molar-refractivity contribution in [1.29, 1.82) is 0 Å². The highest BCUT2D eigenvalue weighted by atomic mass is 32.2. The Balaban J connectivity index is 1.86. The van der Waals surface area contributed by atoms with Crippen LogP contribution in [-0.2, 0) is 14.8 Å². The van der Waals surface area contributed by atoms with Crippen molar-refractivity contribution in [1.82, 2.24) is 4.31 Å². The van der Waals surface area contributed by atoms with Crippen molar-refractivity contribution in [3.8, 4) is 5.75 Å². The SMILES string of the molecule is COc1ccc(NC(=O)[C@@]23C[C@@H]2CN(C)S3(=O)=O)c(C)c1. The van der Waals surface area contributed by atoms with Crippen LogP contribution in [0.5, 0.6) is 5.75 Å². The molecule has 6 nitrogen and oxygen atoms in total. The Morgan fingerprint density at radius 2 is 2.19 bits per heavy atom. The van der Waals surface area contributed by atoms with E-state index in [1.165, 1.54) is 11.4 Å². The highest BCUT2D eigenvalue weighted by Crippen LogP contribution is 2.57. The van der Waals surface area contributed by atoms with Crippen LogP contribution in [0, 0.1) is 12.8 Å². The van der Waals surface area contributed by atoms with Crippen molar-refractivity contribution in [2.45, 2.75) is 18.1 Å². The number of methoxy groups -OCH3 is 1. The summed E-state index contributed by atoms with van der Waals surface area (Å²) in [7, 11) is -0.446. The van der Waals surface area contributed by atoms with Crippen LogP contribution in [0.1, 0.15) is 12.0 Å². The van der Waals surface area contributed by atoms with Crippen molar-refractivity contribution in [3.63, 3.8) is 0 Å². The summed E-state index contributed by atoms with van der Waals surface area (Å²) in [5.41, 5.74) is 1.45. The smallest absolute Gasteiger partial charge is 0.247 e. The fourth-order valence-electron chi connectivity index (χ4n) is 3.05. The quantitative estimate of drug-likeness (QED) is 0.903. The molecule has 1 saturated heterocycles. The summed E-state index contributed by atoms with van der Waals surface area (Å²) < 4.78 is 29.8. The van der Waals surface area contributed by atoms with E-state index < -0.39 is 20.7 Å². The lowest BCUT2D eigenvalue weighted by Crippen LogP contribution is -2.40. The number of benzene rings is 1. The number of hydrogen-bond donors (Lipinski definition) is 1. The first kappa shape index (κ1) is 14.3. The van der Waals surface area contributed by atoms with Gasteiger partial charge in [0.15, 0.2) is 4.75 Å². The molecule has 0 aromatic heterocycles. The van der Waals surface area contributed by atoms with Gasteiger partial charge in [-0.15, -0.1) is 0 Å². The van der Waals surface area contributed by atoms with Gasteiger partial charge in [-0.2, -0.15) is 0 Å². The number of carbonyl (C=O) groups is 1. The number of amides is 1. The van der Waals surface area contributed by atoms with Crippen LogP contribution in [0.3, 0.4) is 0 Å². The maximum atomic E-state index is 12.5. The Labute approximate surface area is 124 Å². The van der Waals surface area contributed by atoms with Gasteiger partial charge in [0, 0.05) is 25.2 Å². The molecule has 1 saturated carbocycles. The number of fused-ring (bicyclic) bond motifs is 1. The standard InChI is InChI=1S/C14H18N2O4S/c1-9-6-11(20-3)4-5-12(9)15-13(17)14-7-10(14)8-16(2)21(14,18)19/h4-6,10H,7-8H2,1-3H3,(H,15,17)/t10-,14-/m1/s1. The Bertz CT molecular complexity index is 716. The van der Waals surface area contributed by atoms with E-state index in [2.05, 4.69) is 5.32 Å². The van der Waals surface area contributed by atoms with Gasteiger partial charge in [0.1, 0.15) is 5.75 Å². The molecule has 0 unspecified atom stereocenters. The topological polar surface area (TPSA) is 75.7 Å². The highest BCUT2D eigenvalue weighted by Gasteiger charge is 2.74. The van der Waals surface area contributed by atoms with Gasteiger partial charge >= 0.3 is 0 Å². The number of anilines is 1. The Kier molecular flexibility index (Phi) is 3.04. The second-order valence-corrected chi connectivity index (χ2v) is 8.01. The van der Waals surface area contributed by atoms with E-state index in [9.17, 15) is 13.2 Å². The lowest BCUT2D eigenvalue weighted by atomic mass is 10.2. The van der Waals surface area contributed by atoms with Crippen LogP contribution < -0.4 is 10.1 Å². The van der Waals surface area contributed by atoms with Crippen molar-refractivity contribution in [2.24, 2.45) is 5.92 Å². The zero-order chi connectivity index (χ0) is 15.4. The van der Waals surface area contributed by atoms with Gasteiger partial charge in [0.05, 0.1) is 7.11 Å². The minimum atomic E-state index is -3.54. The molecular weight excluding hydrogens is 292 g/mol. The number of ether oxygens (including phenoxy) is 1. The first-order valence-corrected chi connectivity index (χ1v) is 8.19. The molecule has 114 valence electrons. The Morgan fingerprint density at radius 1 is 1.48 bits per heavy atom. The lowest BCUT2D eigenvalue weighted by molar-refractivity contribution is -0.116. The number of sulfonamides is 1. The molecule has 1 heterocycles. The molecule has 0 spiro atoms. The molecule has 1 aliphatic heterocycles. The molecule has 0 radical (unpaired) electrons. The van der Waals surface area contributed by atoms with E-state index in [4.69, 9.17) is 4.74 Å². The molecule has 7 heteroatoms. The van der Waals surface area contributed by atoms with E-state index in [0.29, 0.717) is 24.4 Å². The zero-order valence-electron chi connectivity index (χ0n) is 12.2. The van der Waals surface area contributed by atoms with E-state index in [-0.39, 0.29) is 5.92 Å². The van der Waals surface area contributed by atoms with Crippen molar-refractivity contribution in [3.05, 3.63) is 23.8 Å². The molecule has 1 amide bonds. The maximum absolute atomic E-state index is 12.5. The minimum Gasteiger partial charge on any atom is -0.497 e. The Hall–Kier alpha value is -1.60. The van der Waals surface area contributed by atoms with Gasteiger partial charge in [-0.05, 0) is 37.1 Å². The summed E-state index contributed by atoms with van der Waals surface area (Å²) in [6.45, 7) is 2.27. The lowest BCUT2D eigenvalue weighted by Gasteiger charge is -2.18. The van der Waals surface area contributed by atoms with Gasteiger partial charge in [-0.1, -0.05) is 0 Å². The molecule has 2 aliphatic rings. The summed E-state index contributed by atoms with van der Waals surface area (Å²) in [5.74, 6) is 0.178. The molecule has 0 bridgehead atoms. The van der Waals surface area contributed by atoms with Crippen LogP contribution in [0.4, 0.5) is 5.69 Å². The molecule has 21 heavy (non-hydrogen) atoms. The zero-order valence-corrected chi connectivity index (χ0v) is 13.0. The largest absolute Gasteiger partial charge is 0.497 e. The summed E-state index contributed by atoms with van der Waals surface area (Å²) in [6, 6.07) is 5.26. The monoisotopic (exact) mass is 310 g/mol. The van der Waals surface area contributed by atoms with Crippen LogP contribution in [0.15, 0.2) is 18.2 Å². The molecular formula is C14H18N2O4S. The highest BCUT2D eigenvalue weighted by molar-refractivity contribution is 7.92. The van der Waals surface area contributed by atoms with Crippen molar-refractivity contribution in [2.75, 3.05) is 26.0 Å². The first-order valence-electron chi connectivity index (χ1n) is 6.75. The van der Waals surface area contributed by atoms with E-state index >= 15 is 0 Å². The molecule has 1 aliphatic carbocycles. The second-order valence-electron chi connectivity index (χ2n) is 5.71. The Morgan fingerprint density at radius 3 is 2.71 bits per heavy atom. The van der Waals surface area contributed by atoms with Crippen molar-refractivity contribution >= 4 is 21.6 Å². The van der Waals surface area contributed by atoms with E-state index in [0.717, 1.165) is 5.56 Å². The molecule has 2 atom stereocenters. The average molecular weight is 310 g/mol. The predicted octanol–water partition coefficient (Wildman–Crippen LogP) is 0.976. The average Bonchev–Trinajstić information content (AvgIpc) is 3.12. The molecule has 3 rings (SSSR count). The molecule has 1 aromatic rings. The van der Waals surface area contributed by atoms with Gasteiger partial charge in [0.25, 0.3) is 0 Å². The third-order valence-corrected chi connectivity index (χ3v) is 7.04. The number of aryl methyl sites for hydroxylation is 1. The van der Waals surface area contributed by atoms with Gasteiger partial charge < -0.3 is 10.1 Å². The van der Waals surface area contributed by atoms with E-state index in [1.807, 2.05) is 6.92 Å². The van der Waals surface area contributed by atoms with Crippen molar-refractivity contribution < 1.29 is 17.9 Å². The fourth-order valence-corrected chi connectivity index (χ4v) is 5.17. The number of rotatable bonds is 3. The number of nitrogens with zero attached hydrogens (tertiary/aromatic N) is 1. The maximum Gasteiger partial charge on any atom is 0.247 e. The third kappa shape index (κ3) is 1.87. The van der Waals surface area contributed by atoms with Crippen LogP contribution in [0.2, 0.25) is 0 Å². The normalized spacial score (nSPS) is 29.8. The second kappa shape index (κ2) is 4.45. The third-order valence-electron chi connectivity index (χ3n) is 4.46. The van der Waals surface area contributed by atoms with Gasteiger partial charge in [-0.3, -0.25) is 4.79 Å². The fraction of sp³-hybridized carbons (Fsp3) is 0.500. The van der Waals surface area contributed by atoms with Crippen LogP contribution >= 0.6 is 0 Å². The number of carbonyl (C=O) groups excluding carboxylic acids is 1.